The number of hydrogen-bond donors (Lipinski definition) is 2. The van der Waals surface area contributed by atoms with Crippen LogP contribution in [0.2, 0.25) is 0 Å². The van der Waals surface area contributed by atoms with E-state index in [-0.39, 0.29) is 12.0 Å². The molecule has 6 heteroatoms. The van der Waals surface area contributed by atoms with Crippen molar-refractivity contribution in [3.8, 4) is 5.75 Å². The highest BCUT2D eigenvalue weighted by molar-refractivity contribution is 5.78. The van der Waals surface area contributed by atoms with Crippen molar-refractivity contribution in [1.29, 1.82) is 0 Å². The van der Waals surface area contributed by atoms with Gasteiger partial charge in [0.25, 0.3) is 0 Å². The second-order valence-corrected chi connectivity index (χ2v) is 6.88. The standard InChI is InChI=1S/C19H31N3O3/c1-15-12-21(10-11-22(15)13-16(2)23)14-19(24)20-9-8-17-4-6-18(25-3)7-5-17/h4-7,15-16,23H,8-14H2,1-3H3,(H,20,24)/t15-,16-/m0/s1. The van der Waals surface area contributed by atoms with Gasteiger partial charge in [0, 0.05) is 38.8 Å². The lowest BCUT2D eigenvalue weighted by Gasteiger charge is -2.40. The normalized spacial score (nSPS) is 20.2. The first kappa shape index (κ1) is 19.7. The topological polar surface area (TPSA) is 65.0 Å². The van der Waals surface area contributed by atoms with E-state index in [4.69, 9.17) is 4.74 Å². The maximum absolute atomic E-state index is 12.1. The summed E-state index contributed by atoms with van der Waals surface area (Å²) in [6, 6.07) is 8.27. The Morgan fingerprint density at radius 3 is 2.68 bits per heavy atom. The van der Waals surface area contributed by atoms with Crippen LogP contribution in [-0.4, -0.2) is 79.3 Å². The van der Waals surface area contributed by atoms with Gasteiger partial charge in [-0.2, -0.15) is 0 Å². The summed E-state index contributed by atoms with van der Waals surface area (Å²) >= 11 is 0. The number of ether oxygens (including phenoxy) is 1. The van der Waals surface area contributed by atoms with Crippen LogP contribution in [0.5, 0.6) is 5.75 Å². The third kappa shape index (κ3) is 6.65. The summed E-state index contributed by atoms with van der Waals surface area (Å²) in [5.41, 5.74) is 1.18. The first-order valence-corrected chi connectivity index (χ1v) is 9.02. The molecule has 2 rings (SSSR count). The number of carbonyl (C=O) groups excluding carboxylic acids is 1. The zero-order chi connectivity index (χ0) is 18.2. The van der Waals surface area contributed by atoms with Crippen molar-refractivity contribution in [2.45, 2.75) is 32.4 Å². The summed E-state index contributed by atoms with van der Waals surface area (Å²) < 4.78 is 5.14. The van der Waals surface area contributed by atoms with Gasteiger partial charge in [-0.05, 0) is 38.0 Å². The summed E-state index contributed by atoms with van der Waals surface area (Å²) in [6.45, 7) is 8.36. The molecule has 1 amide bonds. The molecule has 1 aromatic carbocycles. The van der Waals surface area contributed by atoms with Crippen LogP contribution >= 0.6 is 0 Å². The minimum atomic E-state index is -0.310. The molecule has 1 saturated heterocycles. The van der Waals surface area contributed by atoms with E-state index in [1.165, 1.54) is 5.56 Å². The molecule has 0 unspecified atom stereocenters. The van der Waals surface area contributed by atoms with E-state index in [1.54, 1.807) is 7.11 Å². The zero-order valence-corrected chi connectivity index (χ0v) is 15.6. The number of β-amino-alcohol motifs (C(OH)–C–C–N with tert-alkyl or cyclic N) is 1. The fourth-order valence-electron chi connectivity index (χ4n) is 3.22. The van der Waals surface area contributed by atoms with E-state index in [1.807, 2.05) is 31.2 Å². The second kappa shape index (κ2) is 9.75. The summed E-state index contributed by atoms with van der Waals surface area (Å²) in [6.07, 6.45) is 0.504. The van der Waals surface area contributed by atoms with Crippen molar-refractivity contribution in [2.75, 3.05) is 46.4 Å². The molecule has 1 heterocycles. The monoisotopic (exact) mass is 349 g/mol. The Kier molecular flexibility index (Phi) is 7.68. The second-order valence-electron chi connectivity index (χ2n) is 6.88. The van der Waals surface area contributed by atoms with Gasteiger partial charge < -0.3 is 15.2 Å². The number of nitrogens with zero attached hydrogens (tertiary/aromatic N) is 2. The maximum Gasteiger partial charge on any atom is 0.234 e. The highest BCUT2D eigenvalue weighted by Crippen LogP contribution is 2.12. The van der Waals surface area contributed by atoms with Gasteiger partial charge in [-0.25, -0.2) is 0 Å². The first-order valence-electron chi connectivity index (χ1n) is 9.02. The number of aliphatic hydroxyl groups excluding tert-OH is 1. The number of amides is 1. The van der Waals surface area contributed by atoms with E-state index in [0.717, 1.165) is 31.8 Å². The molecule has 1 fully saturated rings. The van der Waals surface area contributed by atoms with E-state index >= 15 is 0 Å². The molecule has 0 radical (unpaired) electrons. The fraction of sp³-hybridized carbons (Fsp3) is 0.632. The van der Waals surface area contributed by atoms with Crippen LogP contribution in [0.4, 0.5) is 0 Å². The molecule has 1 aliphatic heterocycles. The van der Waals surface area contributed by atoms with Crippen LogP contribution in [0.25, 0.3) is 0 Å². The highest BCUT2D eigenvalue weighted by atomic mass is 16.5. The molecule has 25 heavy (non-hydrogen) atoms. The van der Waals surface area contributed by atoms with E-state index in [2.05, 4.69) is 22.0 Å². The van der Waals surface area contributed by atoms with Gasteiger partial charge in [0.2, 0.25) is 5.91 Å². The lowest BCUT2D eigenvalue weighted by molar-refractivity contribution is -0.123. The predicted molar refractivity (Wildman–Crippen MR) is 98.9 cm³/mol. The SMILES string of the molecule is COc1ccc(CCNC(=O)CN2CCN(C[C@H](C)O)[C@@H](C)C2)cc1. The molecule has 0 spiro atoms. The van der Waals surface area contributed by atoms with Crippen LogP contribution in [0, 0.1) is 0 Å². The minimum absolute atomic E-state index is 0.0738. The van der Waals surface area contributed by atoms with Gasteiger partial charge in [-0.3, -0.25) is 14.6 Å². The minimum Gasteiger partial charge on any atom is -0.497 e. The number of nitrogens with one attached hydrogen (secondary N) is 1. The molecule has 0 aliphatic carbocycles. The summed E-state index contributed by atoms with van der Waals surface area (Å²) in [5.74, 6) is 0.918. The van der Waals surface area contributed by atoms with Crippen molar-refractivity contribution in [3.05, 3.63) is 29.8 Å². The van der Waals surface area contributed by atoms with Crippen molar-refractivity contribution < 1.29 is 14.6 Å². The average Bonchev–Trinajstić information content (AvgIpc) is 2.57. The van der Waals surface area contributed by atoms with Gasteiger partial charge in [-0.15, -0.1) is 0 Å². The Morgan fingerprint density at radius 2 is 2.08 bits per heavy atom. The highest BCUT2D eigenvalue weighted by Gasteiger charge is 2.25. The van der Waals surface area contributed by atoms with Crippen molar-refractivity contribution in [3.63, 3.8) is 0 Å². The number of carbonyl (C=O) groups is 1. The molecule has 2 atom stereocenters. The van der Waals surface area contributed by atoms with Gasteiger partial charge in [-0.1, -0.05) is 12.1 Å². The number of piperazine rings is 1. The van der Waals surface area contributed by atoms with E-state index < -0.39 is 0 Å². The van der Waals surface area contributed by atoms with Crippen molar-refractivity contribution in [2.24, 2.45) is 0 Å². The Hall–Kier alpha value is -1.63. The quantitative estimate of drug-likeness (QED) is 0.725. The molecule has 1 aliphatic rings. The van der Waals surface area contributed by atoms with E-state index in [0.29, 0.717) is 25.7 Å². The molecule has 2 N–H and O–H groups in total. The van der Waals surface area contributed by atoms with Gasteiger partial charge in [0.1, 0.15) is 5.75 Å². The van der Waals surface area contributed by atoms with Crippen LogP contribution in [0.3, 0.4) is 0 Å². The molecule has 0 aromatic heterocycles. The van der Waals surface area contributed by atoms with Crippen LogP contribution in [-0.2, 0) is 11.2 Å². The number of benzene rings is 1. The third-order valence-corrected chi connectivity index (χ3v) is 4.61. The predicted octanol–water partition coefficient (Wildman–Crippen LogP) is 0.741. The molecular formula is C19H31N3O3. The summed E-state index contributed by atoms with van der Waals surface area (Å²) in [4.78, 5) is 16.6. The van der Waals surface area contributed by atoms with Crippen LogP contribution in [0.15, 0.2) is 24.3 Å². The number of aliphatic hydroxyl groups is 1. The Balaban J connectivity index is 1.66. The van der Waals surface area contributed by atoms with E-state index in [9.17, 15) is 9.90 Å². The van der Waals surface area contributed by atoms with Gasteiger partial charge >= 0.3 is 0 Å². The Bertz CT molecular complexity index is 533. The maximum atomic E-state index is 12.1. The van der Waals surface area contributed by atoms with Crippen molar-refractivity contribution in [1.82, 2.24) is 15.1 Å². The Morgan fingerprint density at radius 1 is 1.36 bits per heavy atom. The molecule has 0 bridgehead atoms. The number of hydrogen-bond acceptors (Lipinski definition) is 5. The van der Waals surface area contributed by atoms with Crippen molar-refractivity contribution >= 4 is 5.91 Å². The lowest BCUT2D eigenvalue weighted by Crippen LogP contribution is -2.55. The fourth-order valence-corrected chi connectivity index (χ4v) is 3.22. The number of rotatable bonds is 8. The molecule has 6 nitrogen and oxygen atoms in total. The molecular weight excluding hydrogens is 318 g/mol. The largest absolute Gasteiger partial charge is 0.497 e. The number of methoxy groups -OCH3 is 1. The molecule has 0 saturated carbocycles. The van der Waals surface area contributed by atoms with Crippen LogP contribution < -0.4 is 10.1 Å². The Labute approximate surface area is 150 Å². The summed E-state index contributed by atoms with van der Waals surface area (Å²) in [5, 5.41) is 12.5. The average molecular weight is 349 g/mol. The van der Waals surface area contributed by atoms with Gasteiger partial charge in [0.05, 0.1) is 19.8 Å². The molecule has 1 aromatic rings. The van der Waals surface area contributed by atoms with Crippen LogP contribution in [0.1, 0.15) is 19.4 Å². The van der Waals surface area contributed by atoms with Gasteiger partial charge in [0.15, 0.2) is 0 Å². The first-order chi connectivity index (χ1) is 12.0. The third-order valence-electron chi connectivity index (χ3n) is 4.61. The molecule has 140 valence electrons. The smallest absolute Gasteiger partial charge is 0.234 e. The lowest BCUT2D eigenvalue weighted by atomic mass is 10.1. The summed E-state index contributed by atoms with van der Waals surface area (Å²) in [7, 11) is 1.65. The zero-order valence-electron chi connectivity index (χ0n) is 15.6.